The molecule has 0 unspecified atom stereocenters. The van der Waals surface area contributed by atoms with Crippen molar-refractivity contribution in [1.29, 1.82) is 0 Å². The van der Waals surface area contributed by atoms with Crippen LogP contribution in [0.25, 0.3) is 0 Å². The highest BCUT2D eigenvalue weighted by atomic mass is 19.1. The SMILES string of the molecule is C=N/C=C(C#Cc1c(F)ccc(N)c1F)\C=N/CNCc1ccc(OC)cc1. The van der Waals surface area contributed by atoms with Gasteiger partial charge in [0.05, 0.1) is 30.6 Å². The number of hydrogen-bond acceptors (Lipinski definition) is 5. The second kappa shape index (κ2) is 10.6. The lowest BCUT2D eigenvalue weighted by Crippen LogP contribution is -2.13. The molecule has 0 saturated carbocycles. The largest absolute Gasteiger partial charge is 0.497 e. The van der Waals surface area contributed by atoms with Crippen LogP contribution >= 0.6 is 0 Å². The zero-order chi connectivity index (χ0) is 20.4. The number of nitrogens with one attached hydrogen (secondary N) is 1. The third-order valence-electron chi connectivity index (χ3n) is 3.60. The Morgan fingerprint density at radius 3 is 2.68 bits per heavy atom. The van der Waals surface area contributed by atoms with Gasteiger partial charge < -0.3 is 10.5 Å². The molecule has 0 amide bonds. The van der Waals surface area contributed by atoms with Crippen LogP contribution < -0.4 is 15.8 Å². The monoisotopic (exact) mass is 382 g/mol. The van der Waals surface area contributed by atoms with Gasteiger partial charge >= 0.3 is 0 Å². The summed E-state index contributed by atoms with van der Waals surface area (Å²) >= 11 is 0. The van der Waals surface area contributed by atoms with Gasteiger partial charge in [-0.3, -0.25) is 15.3 Å². The van der Waals surface area contributed by atoms with Crippen LogP contribution in [-0.2, 0) is 6.54 Å². The van der Waals surface area contributed by atoms with Crippen molar-refractivity contribution in [2.45, 2.75) is 6.54 Å². The molecular weight excluding hydrogens is 362 g/mol. The summed E-state index contributed by atoms with van der Waals surface area (Å²) in [6, 6.07) is 9.86. The van der Waals surface area contributed by atoms with E-state index in [0.29, 0.717) is 18.8 Å². The molecule has 0 aliphatic carbocycles. The summed E-state index contributed by atoms with van der Waals surface area (Å²) < 4.78 is 32.7. The van der Waals surface area contributed by atoms with Crippen LogP contribution in [0.3, 0.4) is 0 Å². The van der Waals surface area contributed by atoms with Gasteiger partial charge in [0.2, 0.25) is 0 Å². The molecule has 0 aliphatic rings. The van der Waals surface area contributed by atoms with Crippen molar-refractivity contribution >= 4 is 18.6 Å². The first kappa shape index (κ1) is 20.8. The van der Waals surface area contributed by atoms with Crippen molar-refractivity contribution in [2.75, 3.05) is 19.5 Å². The number of allylic oxidation sites excluding steroid dienone is 1. The van der Waals surface area contributed by atoms with Crippen LogP contribution in [-0.4, -0.2) is 26.7 Å². The number of nitrogens with two attached hydrogens (primary N) is 1. The van der Waals surface area contributed by atoms with Crippen LogP contribution in [0, 0.1) is 23.5 Å². The highest BCUT2D eigenvalue weighted by Gasteiger charge is 2.09. The summed E-state index contributed by atoms with van der Waals surface area (Å²) in [6.07, 6.45) is 2.80. The number of halogens is 2. The van der Waals surface area contributed by atoms with Crippen molar-refractivity contribution in [3.63, 3.8) is 0 Å². The summed E-state index contributed by atoms with van der Waals surface area (Å²) in [5, 5.41) is 3.14. The maximum Gasteiger partial charge on any atom is 0.164 e. The molecule has 0 atom stereocenters. The van der Waals surface area contributed by atoms with Crippen molar-refractivity contribution in [1.82, 2.24) is 5.32 Å². The molecule has 0 spiro atoms. The molecule has 3 N–H and O–H groups in total. The van der Waals surface area contributed by atoms with E-state index < -0.39 is 17.2 Å². The van der Waals surface area contributed by atoms with Crippen LogP contribution in [0.15, 0.2) is 58.2 Å². The number of hydrogen-bond donors (Lipinski definition) is 2. The van der Waals surface area contributed by atoms with Gasteiger partial charge in [-0.05, 0) is 36.5 Å². The molecule has 0 heterocycles. The zero-order valence-electron chi connectivity index (χ0n) is 15.4. The fourth-order valence-electron chi connectivity index (χ4n) is 2.17. The smallest absolute Gasteiger partial charge is 0.164 e. The molecular formula is C21H20F2N4O. The fraction of sp³-hybridized carbons (Fsp3) is 0.143. The van der Waals surface area contributed by atoms with Gasteiger partial charge in [0.15, 0.2) is 5.82 Å². The third kappa shape index (κ3) is 6.04. The summed E-state index contributed by atoms with van der Waals surface area (Å²) in [6.45, 7) is 4.29. The van der Waals surface area contributed by atoms with E-state index in [1.807, 2.05) is 24.3 Å². The standard InChI is InChI=1S/C21H20F2N4O/c1-25-11-16(5-8-18-19(22)9-10-20(24)21(18)23)13-27-14-26-12-15-3-6-17(28-2)7-4-15/h3-4,6-7,9-11,13,26H,1,12,14,24H2,2H3/b16-11-,27-13-. The Balaban J connectivity index is 1.97. The number of nitrogen functional groups attached to an aromatic ring is 1. The van der Waals surface area contributed by atoms with Gasteiger partial charge in [0.25, 0.3) is 0 Å². The Bertz CT molecular complexity index is 941. The van der Waals surface area contributed by atoms with Gasteiger partial charge in [0.1, 0.15) is 11.6 Å². The van der Waals surface area contributed by atoms with E-state index in [0.717, 1.165) is 23.4 Å². The Morgan fingerprint density at radius 2 is 2.00 bits per heavy atom. The van der Waals surface area contributed by atoms with Gasteiger partial charge in [0, 0.05) is 19.0 Å². The van der Waals surface area contributed by atoms with E-state index in [1.54, 1.807) is 7.11 Å². The second-order valence-electron chi connectivity index (χ2n) is 5.59. The fourth-order valence-corrected chi connectivity index (χ4v) is 2.17. The molecule has 2 rings (SSSR count). The Morgan fingerprint density at radius 1 is 1.25 bits per heavy atom. The first-order chi connectivity index (χ1) is 13.5. The number of ether oxygens (including phenoxy) is 1. The minimum Gasteiger partial charge on any atom is -0.497 e. The number of benzene rings is 2. The minimum atomic E-state index is -0.892. The lowest BCUT2D eigenvalue weighted by molar-refractivity contribution is 0.414. The molecule has 0 bridgehead atoms. The van der Waals surface area contributed by atoms with E-state index in [1.165, 1.54) is 12.4 Å². The van der Waals surface area contributed by atoms with E-state index in [-0.39, 0.29) is 5.69 Å². The Labute approximate surface area is 162 Å². The second-order valence-corrected chi connectivity index (χ2v) is 5.59. The molecule has 2 aromatic carbocycles. The van der Waals surface area contributed by atoms with Crippen molar-refractivity contribution in [2.24, 2.45) is 9.98 Å². The maximum absolute atomic E-state index is 13.9. The first-order valence-electron chi connectivity index (χ1n) is 8.30. The van der Waals surface area contributed by atoms with Crippen molar-refractivity contribution in [3.8, 4) is 17.6 Å². The Hall–Kier alpha value is -3.50. The average molecular weight is 382 g/mol. The molecule has 0 aliphatic heterocycles. The molecule has 5 nitrogen and oxygen atoms in total. The van der Waals surface area contributed by atoms with Gasteiger partial charge in [-0.25, -0.2) is 8.78 Å². The molecule has 28 heavy (non-hydrogen) atoms. The first-order valence-corrected chi connectivity index (χ1v) is 8.30. The number of anilines is 1. The van der Waals surface area contributed by atoms with Gasteiger partial charge in [-0.15, -0.1) is 0 Å². The minimum absolute atomic E-state index is 0.172. The maximum atomic E-state index is 13.9. The number of nitrogens with zero attached hydrogens (tertiary/aromatic N) is 2. The van der Waals surface area contributed by atoms with E-state index in [9.17, 15) is 8.78 Å². The van der Waals surface area contributed by atoms with Crippen LogP contribution in [0.1, 0.15) is 11.1 Å². The topological polar surface area (TPSA) is 72.0 Å². The summed E-state index contributed by atoms with van der Waals surface area (Å²) in [5.41, 5.74) is 6.29. The van der Waals surface area contributed by atoms with E-state index >= 15 is 0 Å². The number of aliphatic imine (C=N–C) groups is 2. The molecule has 0 radical (unpaired) electrons. The molecule has 144 valence electrons. The molecule has 0 fully saturated rings. The summed E-state index contributed by atoms with van der Waals surface area (Å²) in [5.74, 6) is 4.15. The molecule has 0 aromatic heterocycles. The normalized spacial score (nSPS) is 11.2. The van der Waals surface area contributed by atoms with Crippen LogP contribution in [0.4, 0.5) is 14.5 Å². The predicted molar refractivity (Wildman–Crippen MR) is 108 cm³/mol. The van der Waals surface area contributed by atoms with Crippen molar-refractivity contribution in [3.05, 3.63) is 70.9 Å². The number of rotatable bonds is 7. The molecule has 7 heteroatoms. The lowest BCUT2D eigenvalue weighted by Gasteiger charge is -2.03. The molecule has 2 aromatic rings. The van der Waals surface area contributed by atoms with E-state index in [2.05, 4.69) is 33.9 Å². The highest BCUT2D eigenvalue weighted by Crippen LogP contribution is 2.17. The highest BCUT2D eigenvalue weighted by molar-refractivity contribution is 5.85. The Kier molecular flexibility index (Phi) is 7.88. The summed E-state index contributed by atoms with van der Waals surface area (Å²) in [4.78, 5) is 7.81. The predicted octanol–water partition coefficient (Wildman–Crippen LogP) is 3.31. The third-order valence-corrected chi connectivity index (χ3v) is 3.60. The zero-order valence-corrected chi connectivity index (χ0v) is 15.4. The summed E-state index contributed by atoms with van der Waals surface area (Å²) in [7, 11) is 1.61. The molecule has 0 saturated heterocycles. The van der Waals surface area contributed by atoms with Gasteiger partial charge in [-0.1, -0.05) is 24.0 Å². The van der Waals surface area contributed by atoms with Crippen LogP contribution in [0.2, 0.25) is 0 Å². The van der Waals surface area contributed by atoms with E-state index in [4.69, 9.17) is 10.5 Å². The average Bonchev–Trinajstić information content (AvgIpc) is 2.71. The quantitative estimate of drug-likeness (QED) is 0.334. The number of methoxy groups -OCH3 is 1. The van der Waals surface area contributed by atoms with Crippen LogP contribution in [0.5, 0.6) is 5.75 Å². The van der Waals surface area contributed by atoms with Crippen molar-refractivity contribution < 1.29 is 13.5 Å². The van der Waals surface area contributed by atoms with Gasteiger partial charge in [-0.2, -0.15) is 0 Å². The lowest BCUT2D eigenvalue weighted by atomic mass is 10.1.